The van der Waals surface area contributed by atoms with Crippen molar-refractivity contribution in [2.75, 3.05) is 20.3 Å². The van der Waals surface area contributed by atoms with Crippen molar-refractivity contribution in [1.82, 2.24) is 4.90 Å². The number of halogens is 2. The maximum atomic E-state index is 13.1. The van der Waals surface area contributed by atoms with Crippen LogP contribution in [0.25, 0.3) is 0 Å². The monoisotopic (exact) mass is 435 g/mol. The number of ketones is 2. The van der Waals surface area contributed by atoms with Crippen LogP contribution in [0.5, 0.6) is 5.75 Å². The normalized spacial score (nSPS) is 20.3. The Bertz CT molecular complexity index is 906. The molecule has 4 rings (SSSR count). The average molecular weight is 436 g/mol. The Morgan fingerprint density at radius 2 is 1.62 bits per heavy atom. The number of nitrogens with zero attached hydrogens (tertiary/aromatic N) is 1. The van der Waals surface area contributed by atoms with Crippen molar-refractivity contribution >= 4 is 34.8 Å². The summed E-state index contributed by atoms with van der Waals surface area (Å²) >= 11 is 12.4. The highest BCUT2D eigenvalue weighted by Crippen LogP contribution is 2.51. The summed E-state index contributed by atoms with van der Waals surface area (Å²) in [6.07, 6.45) is 3.90. The minimum atomic E-state index is -0.629. The molecular formula is C22H23Cl2NO4. The Morgan fingerprint density at radius 1 is 1.03 bits per heavy atom. The number of carbonyl (C=O) groups excluding carboxylic acids is 2. The molecule has 1 aromatic carbocycles. The van der Waals surface area contributed by atoms with E-state index in [9.17, 15) is 14.7 Å². The molecule has 1 aliphatic heterocycles. The lowest BCUT2D eigenvalue weighted by Gasteiger charge is -2.44. The molecule has 0 bridgehead atoms. The SMILES string of the molecule is COCCN1C2=C(C(=O)CCC2)C(c2cc(Cl)cc(Cl)c2O)C2=C1CCCC2=O. The van der Waals surface area contributed by atoms with Crippen LogP contribution in [0.3, 0.4) is 0 Å². The molecule has 1 aromatic rings. The van der Waals surface area contributed by atoms with Gasteiger partial charge in [-0.05, 0) is 37.8 Å². The lowest BCUT2D eigenvalue weighted by molar-refractivity contribution is -0.117. The third-order valence-electron chi connectivity index (χ3n) is 5.97. The molecule has 0 radical (unpaired) electrons. The second-order valence-corrected chi connectivity index (χ2v) is 8.52. The molecule has 1 N–H and O–H groups in total. The van der Waals surface area contributed by atoms with Crippen molar-refractivity contribution in [2.24, 2.45) is 0 Å². The van der Waals surface area contributed by atoms with Crippen molar-refractivity contribution in [3.05, 3.63) is 50.3 Å². The number of hydrogen-bond donors (Lipinski definition) is 1. The predicted molar refractivity (Wildman–Crippen MR) is 111 cm³/mol. The van der Waals surface area contributed by atoms with Crippen LogP contribution in [0.2, 0.25) is 10.0 Å². The number of Topliss-reactive ketones (excluding diaryl/α,β-unsaturated/α-hetero) is 2. The van der Waals surface area contributed by atoms with E-state index in [4.69, 9.17) is 27.9 Å². The second kappa shape index (κ2) is 8.13. The van der Waals surface area contributed by atoms with Crippen LogP contribution in [-0.4, -0.2) is 41.8 Å². The summed E-state index contributed by atoms with van der Waals surface area (Å²) in [5.41, 5.74) is 3.49. The van der Waals surface area contributed by atoms with Gasteiger partial charge in [-0.25, -0.2) is 0 Å². The number of aromatic hydroxyl groups is 1. The van der Waals surface area contributed by atoms with Crippen LogP contribution >= 0.6 is 23.2 Å². The minimum absolute atomic E-state index is 0.0130. The van der Waals surface area contributed by atoms with Gasteiger partial charge in [0.15, 0.2) is 11.6 Å². The molecule has 0 saturated heterocycles. The van der Waals surface area contributed by atoms with Crippen LogP contribution in [0.15, 0.2) is 34.7 Å². The zero-order valence-electron chi connectivity index (χ0n) is 16.3. The lowest BCUT2D eigenvalue weighted by atomic mass is 9.70. The molecule has 3 aliphatic rings. The molecule has 5 nitrogen and oxygen atoms in total. The van der Waals surface area contributed by atoms with Gasteiger partial charge in [0.1, 0.15) is 5.75 Å². The van der Waals surface area contributed by atoms with Gasteiger partial charge in [0.05, 0.1) is 11.6 Å². The van der Waals surface area contributed by atoms with Gasteiger partial charge in [0, 0.05) is 65.5 Å². The number of allylic oxidation sites excluding steroid dienone is 4. The van der Waals surface area contributed by atoms with Crippen molar-refractivity contribution in [2.45, 2.75) is 44.4 Å². The molecule has 7 heteroatoms. The van der Waals surface area contributed by atoms with Crippen molar-refractivity contribution in [3.8, 4) is 5.75 Å². The van der Waals surface area contributed by atoms with E-state index in [1.165, 1.54) is 6.07 Å². The summed E-state index contributed by atoms with van der Waals surface area (Å²) < 4.78 is 5.29. The van der Waals surface area contributed by atoms with E-state index in [0.717, 1.165) is 37.1 Å². The smallest absolute Gasteiger partial charge is 0.161 e. The molecule has 0 amide bonds. The van der Waals surface area contributed by atoms with E-state index < -0.39 is 5.92 Å². The molecule has 0 saturated carbocycles. The van der Waals surface area contributed by atoms with Gasteiger partial charge in [-0.2, -0.15) is 0 Å². The Labute approximate surface area is 179 Å². The first-order valence-electron chi connectivity index (χ1n) is 9.91. The lowest BCUT2D eigenvalue weighted by Crippen LogP contribution is -2.40. The molecule has 0 unspecified atom stereocenters. The number of carbonyl (C=O) groups is 2. The quantitative estimate of drug-likeness (QED) is 0.738. The number of phenolic OH excluding ortho intramolecular Hbond substituents is 1. The van der Waals surface area contributed by atoms with Gasteiger partial charge in [-0.3, -0.25) is 9.59 Å². The number of rotatable bonds is 4. The first-order chi connectivity index (χ1) is 13.9. The van der Waals surface area contributed by atoms with Crippen LogP contribution < -0.4 is 0 Å². The van der Waals surface area contributed by atoms with E-state index in [0.29, 0.717) is 47.7 Å². The maximum absolute atomic E-state index is 13.1. The summed E-state index contributed by atoms with van der Waals surface area (Å²) in [7, 11) is 1.64. The van der Waals surface area contributed by atoms with Gasteiger partial charge >= 0.3 is 0 Å². The Kier molecular flexibility index (Phi) is 5.74. The molecule has 0 aromatic heterocycles. The minimum Gasteiger partial charge on any atom is -0.506 e. The third kappa shape index (κ3) is 3.49. The van der Waals surface area contributed by atoms with Gasteiger partial charge in [0.25, 0.3) is 0 Å². The Balaban J connectivity index is 1.98. The average Bonchev–Trinajstić information content (AvgIpc) is 2.69. The van der Waals surface area contributed by atoms with Crippen molar-refractivity contribution < 1.29 is 19.4 Å². The van der Waals surface area contributed by atoms with Crippen LogP contribution in [-0.2, 0) is 14.3 Å². The predicted octanol–water partition coefficient (Wildman–Crippen LogP) is 4.76. The fourth-order valence-corrected chi connectivity index (χ4v) is 5.30. The largest absolute Gasteiger partial charge is 0.506 e. The molecule has 0 fully saturated rings. The standard InChI is InChI=1S/C22H23Cl2NO4/c1-29-9-8-25-15-4-2-6-17(26)20(15)19(21-16(25)5-3-7-18(21)27)13-10-12(23)11-14(24)22(13)28/h10-11,19,28H,2-9H2,1H3. The van der Waals surface area contributed by atoms with E-state index in [1.807, 2.05) is 0 Å². The molecule has 2 aliphatic carbocycles. The maximum Gasteiger partial charge on any atom is 0.161 e. The van der Waals surface area contributed by atoms with Crippen molar-refractivity contribution in [3.63, 3.8) is 0 Å². The van der Waals surface area contributed by atoms with E-state index in [-0.39, 0.29) is 22.3 Å². The Morgan fingerprint density at radius 3 is 2.17 bits per heavy atom. The zero-order chi connectivity index (χ0) is 20.7. The number of hydrogen-bond acceptors (Lipinski definition) is 5. The van der Waals surface area contributed by atoms with Crippen molar-refractivity contribution in [1.29, 1.82) is 0 Å². The number of phenols is 1. The number of ether oxygens (including phenoxy) is 1. The molecule has 154 valence electrons. The van der Waals surface area contributed by atoms with Gasteiger partial charge in [-0.15, -0.1) is 0 Å². The topological polar surface area (TPSA) is 66.8 Å². The molecular weight excluding hydrogens is 413 g/mol. The summed E-state index contributed by atoms with van der Waals surface area (Å²) in [4.78, 5) is 28.3. The van der Waals surface area contributed by atoms with E-state index in [2.05, 4.69) is 4.90 Å². The second-order valence-electron chi connectivity index (χ2n) is 7.68. The van der Waals surface area contributed by atoms with Gasteiger partial charge < -0.3 is 14.7 Å². The third-order valence-corrected chi connectivity index (χ3v) is 6.48. The fraction of sp³-hybridized carbons (Fsp3) is 0.455. The van der Waals surface area contributed by atoms with Gasteiger partial charge in [0.2, 0.25) is 0 Å². The summed E-state index contributed by atoms with van der Waals surface area (Å²) in [5, 5.41) is 11.2. The first-order valence-corrected chi connectivity index (χ1v) is 10.7. The summed E-state index contributed by atoms with van der Waals surface area (Å²) in [6, 6.07) is 3.09. The highest BCUT2D eigenvalue weighted by Gasteiger charge is 2.44. The van der Waals surface area contributed by atoms with Gasteiger partial charge in [-0.1, -0.05) is 23.2 Å². The van der Waals surface area contributed by atoms with Crippen LogP contribution in [0.1, 0.15) is 50.0 Å². The summed E-state index contributed by atoms with van der Waals surface area (Å²) in [6.45, 7) is 1.08. The highest BCUT2D eigenvalue weighted by atomic mass is 35.5. The van der Waals surface area contributed by atoms with E-state index >= 15 is 0 Å². The first kappa shape index (κ1) is 20.5. The fourth-order valence-electron chi connectivity index (χ4n) is 4.79. The molecule has 0 spiro atoms. The molecule has 0 atom stereocenters. The molecule has 29 heavy (non-hydrogen) atoms. The summed E-state index contributed by atoms with van der Waals surface area (Å²) in [5.74, 6) is -0.726. The number of methoxy groups -OCH3 is 1. The Hall–Kier alpha value is -1.82. The van der Waals surface area contributed by atoms with Crippen LogP contribution in [0, 0.1) is 0 Å². The highest BCUT2D eigenvalue weighted by molar-refractivity contribution is 6.35. The zero-order valence-corrected chi connectivity index (χ0v) is 17.8. The van der Waals surface area contributed by atoms with Crippen LogP contribution in [0.4, 0.5) is 0 Å². The van der Waals surface area contributed by atoms with E-state index in [1.54, 1.807) is 13.2 Å². The molecule has 1 heterocycles. The number of benzene rings is 1.